The molecular weight excluding hydrogens is 448 g/mol. The number of carbonyl (C=O) groups excluding carboxylic acids is 1. The minimum atomic E-state index is -0.339. The normalized spacial score (nSPS) is 12.0. The topological polar surface area (TPSA) is 78.3 Å². The van der Waals surface area contributed by atoms with E-state index < -0.39 is 0 Å². The van der Waals surface area contributed by atoms with Crippen LogP contribution in [0, 0.1) is 6.92 Å². The maximum atomic E-state index is 12.5. The summed E-state index contributed by atoms with van der Waals surface area (Å²) in [6.45, 7) is 7.94. The second-order valence-electron chi connectivity index (χ2n) is 7.54. The summed E-state index contributed by atoms with van der Waals surface area (Å²) in [6, 6.07) is 12.9. The zero-order valence-electron chi connectivity index (χ0n) is 18.8. The van der Waals surface area contributed by atoms with Crippen LogP contribution in [0.3, 0.4) is 0 Å². The molecule has 0 saturated carbocycles. The van der Waals surface area contributed by atoms with Gasteiger partial charge in [-0.25, -0.2) is 0 Å². The van der Waals surface area contributed by atoms with Gasteiger partial charge in [0.2, 0.25) is 5.91 Å². The standard InChI is InChI=1S/C23H27ClN4O3S/c1-14(2)28-22(16(4)31-19-8-6-7-18(12-19)30-5)26-27-23(28)32-13-21(29)25-20-11-17(24)10-9-15(20)3/h6-12,14,16H,13H2,1-5H3,(H,25,29). The van der Waals surface area contributed by atoms with Gasteiger partial charge in [-0.3, -0.25) is 4.79 Å². The number of benzene rings is 2. The number of thioether (sulfide) groups is 1. The molecule has 3 aromatic rings. The number of methoxy groups -OCH3 is 1. The number of nitrogens with zero attached hydrogens (tertiary/aromatic N) is 3. The number of halogens is 1. The minimum Gasteiger partial charge on any atom is -0.497 e. The molecule has 0 saturated heterocycles. The number of rotatable bonds is 9. The highest BCUT2D eigenvalue weighted by Gasteiger charge is 2.22. The monoisotopic (exact) mass is 474 g/mol. The van der Waals surface area contributed by atoms with Gasteiger partial charge in [-0.15, -0.1) is 10.2 Å². The number of aromatic nitrogens is 3. The first-order chi connectivity index (χ1) is 15.3. The zero-order valence-corrected chi connectivity index (χ0v) is 20.3. The Morgan fingerprint density at radius 3 is 2.62 bits per heavy atom. The third kappa shape index (κ3) is 5.95. The van der Waals surface area contributed by atoms with E-state index in [1.165, 1.54) is 11.8 Å². The molecule has 2 aromatic carbocycles. The Morgan fingerprint density at radius 1 is 1.16 bits per heavy atom. The molecule has 1 heterocycles. The van der Waals surface area contributed by atoms with E-state index in [4.69, 9.17) is 21.1 Å². The van der Waals surface area contributed by atoms with Gasteiger partial charge >= 0.3 is 0 Å². The Hall–Kier alpha value is -2.71. The average molecular weight is 475 g/mol. The highest BCUT2D eigenvalue weighted by atomic mass is 35.5. The molecule has 1 amide bonds. The third-order valence-electron chi connectivity index (χ3n) is 4.73. The molecule has 170 valence electrons. The Morgan fingerprint density at radius 2 is 1.91 bits per heavy atom. The van der Waals surface area contributed by atoms with Crippen LogP contribution in [-0.2, 0) is 4.79 Å². The van der Waals surface area contributed by atoms with Crippen LogP contribution in [0.5, 0.6) is 11.5 Å². The van der Waals surface area contributed by atoms with Crippen molar-refractivity contribution < 1.29 is 14.3 Å². The van der Waals surface area contributed by atoms with E-state index in [1.54, 1.807) is 19.2 Å². The molecule has 1 aromatic heterocycles. The first-order valence-electron chi connectivity index (χ1n) is 10.2. The van der Waals surface area contributed by atoms with Crippen molar-refractivity contribution in [1.82, 2.24) is 14.8 Å². The number of ether oxygens (including phenoxy) is 2. The Balaban J connectivity index is 1.70. The van der Waals surface area contributed by atoms with Gasteiger partial charge in [0, 0.05) is 22.8 Å². The van der Waals surface area contributed by atoms with E-state index in [0.717, 1.165) is 11.3 Å². The lowest BCUT2D eigenvalue weighted by molar-refractivity contribution is -0.113. The molecule has 32 heavy (non-hydrogen) atoms. The summed E-state index contributed by atoms with van der Waals surface area (Å²) in [6.07, 6.45) is -0.339. The van der Waals surface area contributed by atoms with Crippen LogP contribution in [0.1, 0.15) is 44.3 Å². The fraction of sp³-hybridized carbons (Fsp3) is 0.348. The summed E-state index contributed by atoms with van der Waals surface area (Å²) in [5.74, 6) is 2.15. The highest BCUT2D eigenvalue weighted by molar-refractivity contribution is 7.99. The Kier molecular flexibility index (Phi) is 8.04. The second-order valence-corrected chi connectivity index (χ2v) is 8.92. The molecule has 0 radical (unpaired) electrons. The van der Waals surface area contributed by atoms with Crippen LogP contribution < -0.4 is 14.8 Å². The average Bonchev–Trinajstić information content (AvgIpc) is 3.19. The van der Waals surface area contributed by atoms with E-state index in [2.05, 4.69) is 15.5 Å². The first kappa shape index (κ1) is 23.9. The van der Waals surface area contributed by atoms with Gasteiger partial charge in [0.15, 0.2) is 17.1 Å². The maximum Gasteiger partial charge on any atom is 0.234 e. The third-order valence-corrected chi connectivity index (χ3v) is 5.91. The van der Waals surface area contributed by atoms with E-state index in [-0.39, 0.29) is 23.8 Å². The van der Waals surface area contributed by atoms with Crippen molar-refractivity contribution in [1.29, 1.82) is 0 Å². The van der Waals surface area contributed by atoms with Crippen molar-refractivity contribution in [3.05, 3.63) is 58.9 Å². The molecule has 0 aliphatic carbocycles. The lowest BCUT2D eigenvalue weighted by atomic mass is 10.2. The van der Waals surface area contributed by atoms with Crippen LogP contribution >= 0.6 is 23.4 Å². The van der Waals surface area contributed by atoms with Crippen molar-refractivity contribution in [2.75, 3.05) is 18.2 Å². The summed E-state index contributed by atoms with van der Waals surface area (Å²) in [5.41, 5.74) is 1.65. The molecule has 3 rings (SSSR count). The molecule has 0 spiro atoms. The fourth-order valence-electron chi connectivity index (χ4n) is 3.13. The summed E-state index contributed by atoms with van der Waals surface area (Å²) in [7, 11) is 1.62. The van der Waals surface area contributed by atoms with Crippen molar-refractivity contribution in [2.24, 2.45) is 0 Å². The SMILES string of the molecule is COc1cccc(OC(C)c2nnc(SCC(=O)Nc3cc(Cl)ccc3C)n2C(C)C)c1. The van der Waals surface area contributed by atoms with Gasteiger partial charge in [0.25, 0.3) is 0 Å². The number of hydrogen-bond acceptors (Lipinski definition) is 6. The molecule has 0 bridgehead atoms. The number of nitrogens with one attached hydrogen (secondary N) is 1. The predicted octanol–water partition coefficient (Wildman–Crippen LogP) is 5.70. The van der Waals surface area contributed by atoms with E-state index >= 15 is 0 Å². The van der Waals surface area contributed by atoms with E-state index in [9.17, 15) is 4.79 Å². The number of amides is 1. The van der Waals surface area contributed by atoms with Gasteiger partial charge in [-0.05, 0) is 57.5 Å². The van der Waals surface area contributed by atoms with Gasteiger partial charge in [0.05, 0.1) is 12.9 Å². The smallest absolute Gasteiger partial charge is 0.234 e. The Bertz CT molecular complexity index is 1090. The van der Waals surface area contributed by atoms with E-state index in [1.807, 2.05) is 62.6 Å². The fourth-order valence-corrected chi connectivity index (χ4v) is 4.17. The van der Waals surface area contributed by atoms with Gasteiger partial charge < -0.3 is 19.4 Å². The number of anilines is 1. The molecule has 0 fully saturated rings. The highest BCUT2D eigenvalue weighted by Crippen LogP contribution is 2.29. The van der Waals surface area contributed by atoms with Crippen molar-refractivity contribution in [2.45, 2.75) is 45.0 Å². The van der Waals surface area contributed by atoms with Gasteiger partial charge in [0.1, 0.15) is 11.5 Å². The molecule has 1 N–H and O–H groups in total. The first-order valence-corrected chi connectivity index (χ1v) is 11.6. The lowest BCUT2D eigenvalue weighted by Crippen LogP contribution is -2.17. The van der Waals surface area contributed by atoms with Crippen LogP contribution in [0.4, 0.5) is 5.69 Å². The van der Waals surface area contributed by atoms with Gasteiger partial charge in [-0.1, -0.05) is 35.5 Å². The molecule has 9 heteroatoms. The molecule has 1 atom stereocenters. The largest absolute Gasteiger partial charge is 0.497 e. The van der Waals surface area contributed by atoms with Gasteiger partial charge in [-0.2, -0.15) is 0 Å². The van der Waals surface area contributed by atoms with Crippen LogP contribution in [-0.4, -0.2) is 33.5 Å². The lowest BCUT2D eigenvalue weighted by Gasteiger charge is -2.19. The zero-order chi connectivity index (χ0) is 23.3. The molecule has 0 aliphatic heterocycles. The quantitative estimate of drug-likeness (QED) is 0.401. The van der Waals surface area contributed by atoms with E-state index in [0.29, 0.717) is 27.4 Å². The second kappa shape index (κ2) is 10.7. The van der Waals surface area contributed by atoms with Crippen LogP contribution in [0.25, 0.3) is 0 Å². The number of hydrogen-bond donors (Lipinski definition) is 1. The van der Waals surface area contributed by atoms with Crippen LogP contribution in [0.15, 0.2) is 47.6 Å². The maximum absolute atomic E-state index is 12.5. The Labute approximate surface area is 197 Å². The van der Waals surface area contributed by atoms with Crippen molar-refractivity contribution >= 4 is 35.0 Å². The number of aryl methyl sites for hydroxylation is 1. The minimum absolute atomic E-state index is 0.0945. The molecule has 1 unspecified atom stereocenters. The summed E-state index contributed by atoms with van der Waals surface area (Å²) >= 11 is 7.37. The number of carbonyl (C=O) groups is 1. The van der Waals surface area contributed by atoms with Crippen LogP contribution in [0.2, 0.25) is 5.02 Å². The molecular formula is C23H27ClN4O3S. The predicted molar refractivity (Wildman–Crippen MR) is 128 cm³/mol. The van der Waals surface area contributed by atoms with Crippen molar-refractivity contribution in [3.8, 4) is 11.5 Å². The molecule has 0 aliphatic rings. The summed E-state index contributed by atoms with van der Waals surface area (Å²) < 4.78 is 13.3. The summed E-state index contributed by atoms with van der Waals surface area (Å²) in [5, 5.41) is 12.8. The van der Waals surface area contributed by atoms with Crippen molar-refractivity contribution in [3.63, 3.8) is 0 Å². The summed E-state index contributed by atoms with van der Waals surface area (Å²) in [4.78, 5) is 12.5. The molecule has 7 nitrogen and oxygen atoms in total.